The van der Waals surface area contributed by atoms with Crippen LogP contribution in [0.1, 0.15) is 16.7 Å². The predicted molar refractivity (Wildman–Crippen MR) is 162 cm³/mol. The highest BCUT2D eigenvalue weighted by Crippen LogP contribution is 2.31. The molecule has 0 saturated heterocycles. The van der Waals surface area contributed by atoms with Crippen LogP contribution in [0.15, 0.2) is 105 Å². The number of nitrogens with one attached hydrogen (secondary N) is 1. The first kappa shape index (κ1) is 28.7. The van der Waals surface area contributed by atoms with Crippen molar-refractivity contribution in [1.29, 1.82) is 0 Å². The third kappa shape index (κ3) is 7.23. The lowest BCUT2D eigenvalue weighted by molar-refractivity contribution is -0.114. The average Bonchev–Trinajstić information content (AvgIpc) is 2.93. The number of methoxy groups -OCH3 is 1. The number of halogens is 1. The smallest absolute Gasteiger partial charge is 0.264 e. The molecule has 0 saturated carbocycles. The molecule has 0 unspecified atom stereocenters. The summed E-state index contributed by atoms with van der Waals surface area (Å²) >= 11 is 5.10. The van der Waals surface area contributed by atoms with E-state index in [2.05, 4.69) is 33.4 Å². The molecular weight excluding hydrogens is 596 g/mol. The minimum atomic E-state index is -4.07. The number of anilines is 2. The molecule has 0 aliphatic rings. The summed E-state index contributed by atoms with van der Waals surface area (Å²) < 4.78 is 34.3. The maximum atomic E-state index is 13.7. The number of hydrogen-bond acceptors (Lipinski definition) is 5. The van der Waals surface area contributed by atoms with Crippen molar-refractivity contribution in [2.24, 2.45) is 0 Å². The van der Waals surface area contributed by atoms with Crippen LogP contribution in [0.25, 0.3) is 0 Å². The number of nitrogens with zero attached hydrogens (tertiary/aromatic N) is 1. The summed E-state index contributed by atoms with van der Waals surface area (Å²) in [5.41, 5.74) is 4.05. The SMILES string of the molecule is COc1ccc(S(=O)(=O)N(CC(=O)Nc2ccc(CSc3ccccc3)cc2C)c2ccc(C)cc2)cc1Br. The molecule has 39 heavy (non-hydrogen) atoms. The zero-order valence-corrected chi connectivity index (χ0v) is 25.1. The van der Waals surface area contributed by atoms with Gasteiger partial charge in [-0.25, -0.2) is 8.42 Å². The molecule has 0 bridgehead atoms. The van der Waals surface area contributed by atoms with E-state index in [1.807, 2.05) is 62.4 Å². The molecule has 6 nitrogen and oxygen atoms in total. The highest BCUT2D eigenvalue weighted by Gasteiger charge is 2.28. The van der Waals surface area contributed by atoms with Crippen LogP contribution >= 0.6 is 27.7 Å². The van der Waals surface area contributed by atoms with Crippen LogP contribution in [-0.4, -0.2) is 28.0 Å². The van der Waals surface area contributed by atoms with E-state index in [-0.39, 0.29) is 11.4 Å². The van der Waals surface area contributed by atoms with E-state index < -0.39 is 15.9 Å². The van der Waals surface area contributed by atoms with Gasteiger partial charge in [0, 0.05) is 16.3 Å². The quantitative estimate of drug-likeness (QED) is 0.189. The largest absolute Gasteiger partial charge is 0.496 e. The summed E-state index contributed by atoms with van der Waals surface area (Å²) in [6.07, 6.45) is 0. The van der Waals surface area contributed by atoms with Gasteiger partial charge < -0.3 is 10.1 Å². The molecule has 202 valence electrons. The van der Waals surface area contributed by atoms with E-state index in [0.717, 1.165) is 26.7 Å². The lowest BCUT2D eigenvalue weighted by Crippen LogP contribution is -2.38. The number of sulfonamides is 1. The molecule has 0 fully saturated rings. The van der Waals surface area contributed by atoms with Crippen molar-refractivity contribution in [3.63, 3.8) is 0 Å². The van der Waals surface area contributed by atoms with Gasteiger partial charge in [-0.15, -0.1) is 11.8 Å². The van der Waals surface area contributed by atoms with Crippen molar-refractivity contribution in [1.82, 2.24) is 0 Å². The van der Waals surface area contributed by atoms with Gasteiger partial charge in [0.25, 0.3) is 10.0 Å². The van der Waals surface area contributed by atoms with E-state index >= 15 is 0 Å². The van der Waals surface area contributed by atoms with E-state index in [1.54, 1.807) is 30.0 Å². The topological polar surface area (TPSA) is 75.7 Å². The van der Waals surface area contributed by atoms with Crippen LogP contribution in [0.4, 0.5) is 11.4 Å². The monoisotopic (exact) mass is 624 g/mol. The fraction of sp³-hybridized carbons (Fsp3) is 0.167. The standard InChI is InChI=1S/C30H29BrN2O4S2/c1-21-9-12-24(13-10-21)33(39(35,36)26-14-16-29(37-3)27(31)18-26)19-30(34)32-28-15-11-23(17-22(28)2)20-38-25-7-5-4-6-8-25/h4-18H,19-20H2,1-3H3,(H,32,34). The fourth-order valence-electron chi connectivity index (χ4n) is 3.92. The number of carbonyl (C=O) groups is 1. The van der Waals surface area contributed by atoms with Gasteiger partial charge in [0.15, 0.2) is 0 Å². The molecule has 1 amide bonds. The summed E-state index contributed by atoms with van der Waals surface area (Å²) in [5, 5.41) is 2.89. The van der Waals surface area contributed by atoms with Gasteiger partial charge in [-0.3, -0.25) is 9.10 Å². The summed E-state index contributed by atoms with van der Waals surface area (Å²) in [6.45, 7) is 3.45. The Labute approximate surface area is 242 Å². The first-order valence-corrected chi connectivity index (χ1v) is 15.4. The minimum absolute atomic E-state index is 0.0417. The molecule has 0 aromatic heterocycles. The number of thioether (sulfide) groups is 1. The molecule has 0 spiro atoms. The molecule has 0 atom stereocenters. The second kappa shape index (κ2) is 12.7. The van der Waals surface area contributed by atoms with Gasteiger partial charge in [0.2, 0.25) is 5.91 Å². The van der Waals surface area contributed by atoms with Crippen molar-refractivity contribution in [3.8, 4) is 5.75 Å². The van der Waals surface area contributed by atoms with E-state index in [4.69, 9.17) is 4.74 Å². The molecule has 0 radical (unpaired) electrons. The molecular formula is C30H29BrN2O4S2. The van der Waals surface area contributed by atoms with Crippen LogP contribution < -0.4 is 14.4 Å². The number of ether oxygens (including phenoxy) is 1. The van der Waals surface area contributed by atoms with Crippen molar-refractivity contribution < 1.29 is 17.9 Å². The second-order valence-corrected chi connectivity index (χ2v) is 12.7. The first-order chi connectivity index (χ1) is 18.7. The van der Waals surface area contributed by atoms with Crippen LogP contribution in [0.3, 0.4) is 0 Å². The summed E-state index contributed by atoms with van der Waals surface area (Å²) in [5.74, 6) is 0.867. The number of hydrogen-bond donors (Lipinski definition) is 1. The molecule has 0 aliphatic carbocycles. The number of rotatable bonds is 10. The third-order valence-electron chi connectivity index (χ3n) is 6.03. The van der Waals surface area contributed by atoms with Crippen molar-refractivity contribution >= 4 is 55.0 Å². The van der Waals surface area contributed by atoms with Crippen molar-refractivity contribution in [2.45, 2.75) is 29.4 Å². The average molecular weight is 626 g/mol. The number of amides is 1. The van der Waals surface area contributed by atoms with Crippen molar-refractivity contribution in [3.05, 3.63) is 112 Å². The Morgan fingerprint density at radius 1 is 0.949 bits per heavy atom. The zero-order chi connectivity index (χ0) is 28.0. The van der Waals surface area contributed by atoms with Crippen LogP contribution in [0.2, 0.25) is 0 Å². The molecule has 1 N–H and O–H groups in total. The van der Waals surface area contributed by atoms with Gasteiger partial charge in [-0.05, 0) is 89.4 Å². The molecule has 4 aromatic carbocycles. The molecule has 0 heterocycles. The normalized spacial score (nSPS) is 11.2. The van der Waals surface area contributed by atoms with E-state index in [9.17, 15) is 13.2 Å². The van der Waals surface area contributed by atoms with Crippen LogP contribution in [0.5, 0.6) is 5.75 Å². The van der Waals surface area contributed by atoms with Gasteiger partial charge in [0.1, 0.15) is 12.3 Å². The van der Waals surface area contributed by atoms with Gasteiger partial charge in [-0.2, -0.15) is 0 Å². The number of carbonyl (C=O) groups excluding carboxylic acids is 1. The second-order valence-electron chi connectivity index (χ2n) is 8.94. The maximum Gasteiger partial charge on any atom is 0.264 e. The third-order valence-corrected chi connectivity index (χ3v) is 9.51. The van der Waals surface area contributed by atoms with Crippen LogP contribution in [0, 0.1) is 13.8 Å². The van der Waals surface area contributed by atoms with Crippen LogP contribution in [-0.2, 0) is 20.6 Å². The lowest BCUT2D eigenvalue weighted by atomic mass is 10.1. The zero-order valence-electron chi connectivity index (χ0n) is 21.8. The van der Waals surface area contributed by atoms with Gasteiger partial charge in [-0.1, -0.05) is 48.0 Å². The first-order valence-electron chi connectivity index (χ1n) is 12.2. The minimum Gasteiger partial charge on any atom is -0.496 e. The molecule has 9 heteroatoms. The Kier molecular flexibility index (Phi) is 9.37. The summed E-state index contributed by atoms with van der Waals surface area (Å²) in [4.78, 5) is 14.4. The summed E-state index contributed by atoms with van der Waals surface area (Å²) in [7, 11) is -2.56. The Balaban J connectivity index is 1.54. The summed E-state index contributed by atoms with van der Waals surface area (Å²) in [6, 6.07) is 27.6. The Morgan fingerprint density at radius 2 is 1.67 bits per heavy atom. The molecule has 4 rings (SSSR count). The Morgan fingerprint density at radius 3 is 2.31 bits per heavy atom. The molecule has 4 aromatic rings. The number of benzene rings is 4. The van der Waals surface area contributed by atoms with Gasteiger partial charge in [0.05, 0.1) is 22.2 Å². The molecule has 0 aliphatic heterocycles. The highest BCUT2D eigenvalue weighted by atomic mass is 79.9. The Hall–Kier alpha value is -3.27. The fourth-order valence-corrected chi connectivity index (χ4v) is 6.92. The van der Waals surface area contributed by atoms with Crippen molar-refractivity contribution in [2.75, 3.05) is 23.3 Å². The highest BCUT2D eigenvalue weighted by molar-refractivity contribution is 9.10. The van der Waals surface area contributed by atoms with Gasteiger partial charge >= 0.3 is 0 Å². The lowest BCUT2D eigenvalue weighted by Gasteiger charge is -2.25. The van der Waals surface area contributed by atoms with E-state index in [0.29, 0.717) is 21.6 Å². The maximum absolute atomic E-state index is 13.7. The predicted octanol–water partition coefficient (Wildman–Crippen LogP) is 7.20. The Bertz CT molecular complexity index is 1560. The van der Waals surface area contributed by atoms with E-state index in [1.165, 1.54) is 24.1 Å². The number of aryl methyl sites for hydroxylation is 2.